The number of carbonyl (C=O) groups excluding carboxylic acids is 2. The van der Waals surface area contributed by atoms with Crippen LogP contribution in [0.3, 0.4) is 0 Å². The van der Waals surface area contributed by atoms with E-state index in [-0.39, 0.29) is 17.5 Å². The van der Waals surface area contributed by atoms with Crippen molar-refractivity contribution in [1.82, 2.24) is 19.7 Å². The minimum absolute atomic E-state index is 0.0523. The summed E-state index contributed by atoms with van der Waals surface area (Å²) in [6, 6.07) is 1.90. The smallest absolute Gasteiger partial charge is 0.317 e. The highest BCUT2D eigenvalue weighted by molar-refractivity contribution is 5.95. The first-order valence-corrected chi connectivity index (χ1v) is 8.59. The molecule has 24 heavy (non-hydrogen) atoms. The van der Waals surface area contributed by atoms with Gasteiger partial charge in [0.15, 0.2) is 0 Å². The van der Waals surface area contributed by atoms with E-state index in [0.29, 0.717) is 26.2 Å². The molecule has 0 bridgehead atoms. The molecule has 1 fully saturated rings. The Balaban J connectivity index is 2.04. The van der Waals surface area contributed by atoms with E-state index < -0.39 is 0 Å². The van der Waals surface area contributed by atoms with E-state index >= 15 is 0 Å². The zero-order chi connectivity index (χ0) is 18.1. The number of aromatic nitrogens is 1. The van der Waals surface area contributed by atoms with Gasteiger partial charge in [-0.3, -0.25) is 4.79 Å². The molecular formula is C18H30N4O2. The Labute approximate surface area is 144 Å². The lowest BCUT2D eigenvalue weighted by atomic mass is 10.1. The Bertz CT molecular complexity index is 628. The number of hydrogen-bond donors (Lipinski definition) is 1. The molecule has 1 aromatic rings. The highest BCUT2D eigenvalue weighted by atomic mass is 16.2. The molecule has 2 rings (SSSR count). The monoisotopic (exact) mass is 334 g/mol. The molecule has 1 aliphatic heterocycles. The molecule has 0 unspecified atom stereocenters. The van der Waals surface area contributed by atoms with Crippen LogP contribution in [-0.4, -0.2) is 58.0 Å². The molecule has 134 valence electrons. The quantitative estimate of drug-likeness (QED) is 0.857. The van der Waals surface area contributed by atoms with E-state index in [4.69, 9.17) is 0 Å². The lowest BCUT2D eigenvalue weighted by molar-refractivity contribution is 0.0761. The fraction of sp³-hybridized carbons (Fsp3) is 0.667. The van der Waals surface area contributed by atoms with Gasteiger partial charge < -0.3 is 19.7 Å². The van der Waals surface area contributed by atoms with E-state index in [1.54, 1.807) is 0 Å². The molecule has 0 aromatic carbocycles. The van der Waals surface area contributed by atoms with Crippen molar-refractivity contribution in [2.24, 2.45) is 7.05 Å². The van der Waals surface area contributed by atoms with Gasteiger partial charge in [-0.1, -0.05) is 0 Å². The zero-order valence-corrected chi connectivity index (χ0v) is 15.8. The van der Waals surface area contributed by atoms with Gasteiger partial charge in [-0.25, -0.2) is 4.79 Å². The van der Waals surface area contributed by atoms with Gasteiger partial charge in [0.1, 0.15) is 0 Å². The summed E-state index contributed by atoms with van der Waals surface area (Å²) in [5, 5.41) is 2.99. The highest BCUT2D eigenvalue weighted by Crippen LogP contribution is 2.17. The van der Waals surface area contributed by atoms with Gasteiger partial charge in [-0.05, 0) is 47.1 Å². The number of hydrogen-bond acceptors (Lipinski definition) is 2. The Kier molecular flexibility index (Phi) is 5.26. The number of amides is 3. The first kappa shape index (κ1) is 18.4. The average molecular weight is 334 g/mol. The molecule has 2 heterocycles. The van der Waals surface area contributed by atoms with Crippen LogP contribution in [0.2, 0.25) is 0 Å². The number of aryl methyl sites for hydroxylation is 1. The summed E-state index contributed by atoms with van der Waals surface area (Å²) >= 11 is 0. The summed E-state index contributed by atoms with van der Waals surface area (Å²) in [6.45, 7) is 12.4. The number of rotatable bonds is 1. The average Bonchev–Trinajstić information content (AvgIpc) is 2.70. The predicted molar refractivity (Wildman–Crippen MR) is 95.3 cm³/mol. The summed E-state index contributed by atoms with van der Waals surface area (Å²) in [5.41, 5.74) is 2.58. The van der Waals surface area contributed by atoms with Crippen molar-refractivity contribution in [3.05, 3.63) is 23.0 Å². The van der Waals surface area contributed by atoms with Crippen LogP contribution in [0.1, 0.15) is 48.9 Å². The van der Waals surface area contributed by atoms with Crippen LogP contribution in [0.15, 0.2) is 6.07 Å². The first-order chi connectivity index (χ1) is 11.1. The summed E-state index contributed by atoms with van der Waals surface area (Å²) in [7, 11) is 1.97. The van der Waals surface area contributed by atoms with E-state index in [0.717, 1.165) is 23.4 Å². The maximum Gasteiger partial charge on any atom is 0.317 e. The van der Waals surface area contributed by atoms with Crippen molar-refractivity contribution in [1.29, 1.82) is 0 Å². The molecule has 1 aromatic heterocycles. The van der Waals surface area contributed by atoms with Crippen LogP contribution in [0.25, 0.3) is 0 Å². The van der Waals surface area contributed by atoms with E-state index in [2.05, 4.69) is 5.32 Å². The van der Waals surface area contributed by atoms with Crippen molar-refractivity contribution in [3.8, 4) is 0 Å². The Hall–Kier alpha value is -1.98. The Morgan fingerprint density at radius 1 is 1.04 bits per heavy atom. The summed E-state index contributed by atoms with van der Waals surface area (Å²) in [5.74, 6) is 0.0641. The lowest BCUT2D eigenvalue weighted by Crippen LogP contribution is -2.49. The molecule has 3 amide bonds. The van der Waals surface area contributed by atoms with E-state index in [1.165, 1.54) is 0 Å². The minimum Gasteiger partial charge on any atom is -0.351 e. The Morgan fingerprint density at radius 3 is 2.17 bits per heavy atom. The normalized spacial score (nSPS) is 16.1. The predicted octanol–water partition coefficient (Wildman–Crippen LogP) is 2.30. The molecule has 0 saturated carbocycles. The SMILES string of the molecule is Cc1cc(C(=O)N2CCCN(C(=O)NC(C)(C)C)CC2)c(C)n1C. The number of urea groups is 1. The number of nitrogens with one attached hydrogen (secondary N) is 1. The maximum absolute atomic E-state index is 12.8. The molecule has 6 nitrogen and oxygen atoms in total. The van der Waals surface area contributed by atoms with Crippen LogP contribution in [0.5, 0.6) is 0 Å². The van der Waals surface area contributed by atoms with Crippen LogP contribution in [0, 0.1) is 13.8 Å². The van der Waals surface area contributed by atoms with E-state index in [9.17, 15) is 9.59 Å². The molecule has 0 aliphatic carbocycles. The molecule has 1 aliphatic rings. The largest absolute Gasteiger partial charge is 0.351 e. The second-order valence-electron chi connectivity index (χ2n) is 7.66. The van der Waals surface area contributed by atoms with Gasteiger partial charge in [0, 0.05) is 50.2 Å². The van der Waals surface area contributed by atoms with Gasteiger partial charge in [0.2, 0.25) is 0 Å². The van der Waals surface area contributed by atoms with Gasteiger partial charge in [0.25, 0.3) is 5.91 Å². The van der Waals surface area contributed by atoms with Gasteiger partial charge in [-0.2, -0.15) is 0 Å². The number of nitrogens with zero attached hydrogens (tertiary/aromatic N) is 3. The third kappa shape index (κ3) is 4.10. The second-order valence-corrected chi connectivity index (χ2v) is 7.66. The molecule has 1 saturated heterocycles. The number of carbonyl (C=O) groups is 2. The first-order valence-electron chi connectivity index (χ1n) is 8.59. The third-order valence-corrected chi connectivity index (χ3v) is 4.56. The molecule has 0 radical (unpaired) electrons. The summed E-state index contributed by atoms with van der Waals surface area (Å²) < 4.78 is 2.04. The standard InChI is InChI=1S/C18H30N4O2/c1-13-12-15(14(2)20(13)6)16(23)21-8-7-9-22(11-10-21)17(24)19-18(3,4)5/h12H,7-11H2,1-6H3,(H,19,24). The van der Waals surface area contributed by atoms with Crippen LogP contribution in [0.4, 0.5) is 4.79 Å². The molecule has 6 heteroatoms. The van der Waals surface area contributed by atoms with Crippen LogP contribution >= 0.6 is 0 Å². The zero-order valence-electron chi connectivity index (χ0n) is 15.8. The third-order valence-electron chi connectivity index (χ3n) is 4.56. The summed E-state index contributed by atoms with van der Waals surface area (Å²) in [6.07, 6.45) is 0.800. The van der Waals surface area contributed by atoms with Crippen LogP contribution < -0.4 is 5.32 Å². The summed E-state index contributed by atoms with van der Waals surface area (Å²) in [4.78, 5) is 28.8. The fourth-order valence-corrected chi connectivity index (χ4v) is 2.97. The van der Waals surface area contributed by atoms with Gasteiger partial charge >= 0.3 is 6.03 Å². The molecular weight excluding hydrogens is 304 g/mol. The molecule has 0 spiro atoms. The van der Waals surface area contributed by atoms with Crippen molar-refractivity contribution < 1.29 is 9.59 Å². The lowest BCUT2D eigenvalue weighted by Gasteiger charge is -2.27. The fourth-order valence-electron chi connectivity index (χ4n) is 2.97. The highest BCUT2D eigenvalue weighted by Gasteiger charge is 2.26. The maximum atomic E-state index is 12.8. The molecule has 1 N–H and O–H groups in total. The van der Waals surface area contributed by atoms with Crippen molar-refractivity contribution >= 4 is 11.9 Å². The minimum atomic E-state index is -0.252. The van der Waals surface area contributed by atoms with Gasteiger partial charge in [-0.15, -0.1) is 0 Å². The van der Waals surface area contributed by atoms with Crippen LogP contribution in [-0.2, 0) is 7.05 Å². The second kappa shape index (κ2) is 6.87. The van der Waals surface area contributed by atoms with Crippen molar-refractivity contribution in [3.63, 3.8) is 0 Å². The van der Waals surface area contributed by atoms with Crippen molar-refractivity contribution in [2.75, 3.05) is 26.2 Å². The molecule has 0 atom stereocenters. The van der Waals surface area contributed by atoms with E-state index in [1.807, 2.05) is 62.1 Å². The van der Waals surface area contributed by atoms with Crippen molar-refractivity contribution in [2.45, 2.75) is 46.6 Å². The van der Waals surface area contributed by atoms with Gasteiger partial charge in [0.05, 0.1) is 5.56 Å². The topological polar surface area (TPSA) is 57.6 Å². The Morgan fingerprint density at radius 2 is 1.62 bits per heavy atom.